The Morgan fingerprint density at radius 3 is 2.96 bits per heavy atom. The highest BCUT2D eigenvalue weighted by molar-refractivity contribution is 6.31. The molecule has 1 saturated heterocycles. The Morgan fingerprint density at radius 1 is 1.39 bits per heavy atom. The Morgan fingerprint density at radius 2 is 2.17 bits per heavy atom. The summed E-state index contributed by atoms with van der Waals surface area (Å²) in [6.45, 7) is 4.61. The Labute approximate surface area is 142 Å². The number of carbonyl (C=O) groups is 1. The molecule has 3 rings (SSSR count). The molecule has 1 aromatic rings. The molecule has 1 amide bonds. The first kappa shape index (κ1) is 16.3. The molecule has 0 saturated carbocycles. The van der Waals surface area contributed by atoms with Gasteiger partial charge in [-0.2, -0.15) is 0 Å². The Bertz CT molecular complexity index is 629. The summed E-state index contributed by atoms with van der Waals surface area (Å²) >= 11 is 6.08. The molecule has 23 heavy (non-hydrogen) atoms. The van der Waals surface area contributed by atoms with E-state index < -0.39 is 0 Å². The van der Waals surface area contributed by atoms with Gasteiger partial charge < -0.3 is 15.4 Å². The minimum atomic E-state index is 0.00609. The molecule has 0 radical (unpaired) electrons. The van der Waals surface area contributed by atoms with Crippen LogP contribution in [-0.4, -0.2) is 37.0 Å². The van der Waals surface area contributed by atoms with E-state index in [4.69, 9.17) is 22.1 Å². The van der Waals surface area contributed by atoms with Crippen molar-refractivity contribution in [3.05, 3.63) is 40.4 Å². The normalized spacial score (nSPS) is 23.4. The van der Waals surface area contributed by atoms with Crippen LogP contribution in [0.4, 0.5) is 0 Å². The molecule has 1 fully saturated rings. The minimum absolute atomic E-state index is 0.00609. The van der Waals surface area contributed by atoms with Crippen molar-refractivity contribution < 1.29 is 9.53 Å². The fourth-order valence-electron chi connectivity index (χ4n) is 3.59. The number of allylic oxidation sites excluding steroid dienone is 2. The van der Waals surface area contributed by atoms with E-state index in [0.717, 1.165) is 25.9 Å². The highest BCUT2D eigenvalue weighted by atomic mass is 35.5. The van der Waals surface area contributed by atoms with Gasteiger partial charge in [0.2, 0.25) is 0 Å². The molecule has 1 aliphatic carbocycles. The van der Waals surface area contributed by atoms with Crippen LogP contribution in [-0.2, 0) is 0 Å². The van der Waals surface area contributed by atoms with Crippen molar-refractivity contribution in [3.63, 3.8) is 0 Å². The molecule has 0 aromatic heterocycles. The van der Waals surface area contributed by atoms with Gasteiger partial charge in [0.1, 0.15) is 12.4 Å². The first-order chi connectivity index (χ1) is 11.1. The number of fused-ring (bicyclic) bond motifs is 1. The van der Waals surface area contributed by atoms with E-state index in [-0.39, 0.29) is 5.91 Å². The molecule has 2 aliphatic rings. The average molecular weight is 335 g/mol. The Hall–Kier alpha value is -1.52. The van der Waals surface area contributed by atoms with Crippen LogP contribution in [0.1, 0.15) is 30.1 Å². The average Bonchev–Trinajstić information content (AvgIpc) is 2.96. The van der Waals surface area contributed by atoms with Gasteiger partial charge in [0, 0.05) is 24.7 Å². The van der Waals surface area contributed by atoms with Crippen molar-refractivity contribution in [3.8, 4) is 5.75 Å². The number of nitrogens with two attached hydrogens (primary N) is 1. The number of likely N-dealkylation sites (tertiary alicyclic amines) is 1. The maximum Gasteiger partial charge on any atom is 0.257 e. The maximum atomic E-state index is 12.9. The number of ether oxygens (including phenoxy) is 1. The van der Waals surface area contributed by atoms with Crippen LogP contribution in [0.3, 0.4) is 0 Å². The topological polar surface area (TPSA) is 55.6 Å². The third-order valence-electron chi connectivity index (χ3n) is 4.76. The second-order valence-corrected chi connectivity index (χ2v) is 6.93. The maximum absolute atomic E-state index is 12.9. The third-order valence-corrected chi connectivity index (χ3v) is 5.00. The predicted molar refractivity (Wildman–Crippen MR) is 91.9 cm³/mol. The van der Waals surface area contributed by atoms with E-state index in [9.17, 15) is 4.79 Å². The number of hydrogen-bond acceptors (Lipinski definition) is 3. The number of rotatable bonds is 4. The van der Waals surface area contributed by atoms with Gasteiger partial charge in [-0.15, -0.1) is 0 Å². The van der Waals surface area contributed by atoms with Crippen LogP contribution in [0.2, 0.25) is 5.02 Å². The molecule has 2 N–H and O–H groups in total. The summed E-state index contributed by atoms with van der Waals surface area (Å²) in [5, 5.41) is 0.544. The number of carbonyl (C=O) groups excluding carboxylic acids is 1. The van der Waals surface area contributed by atoms with Crippen molar-refractivity contribution in [2.24, 2.45) is 17.6 Å². The molecule has 1 aromatic carbocycles. The van der Waals surface area contributed by atoms with Crippen molar-refractivity contribution in [2.45, 2.75) is 19.8 Å². The smallest absolute Gasteiger partial charge is 0.257 e. The van der Waals surface area contributed by atoms with Gasteiger partial charge in [-0.25, -0.2) is 0 Å². The van der Waals surface area contributed by atoms with E-state index in [1.165, 1.54) is 5.57 Å². The lowest BCUT2D eigenvalue weighted by atomic mass is 9.83. The summed E-state index contributed by atoms with van der Waals surface area (Å²) in [7, 11) is 0. The zero-order valence-electron chi connectivity index (χ0n) is 13.4. The molecule has 4 nitrogen and oxygen atoms in total. The standard InChI is InChI=1S/C18H23ClN2O2/c1-12-2-3-13-10-21(11-14(13)8-12)18(22)16-9-15(19)4-5-17(16)23-7-6-20/h2,4-5,9,13-14H,3,6-8,10-11,20H2,1H3/t13-,14+/m1/s1. The van der Waals surface area contributed by atoms with E-state index in [0.29, 0.717) is 41.3 Å². The van der Waals surface area contributed by atoms with Crippen LogP contribution in [0.5, 0.6) is 5.75 Å². The summed E-state index contributed by atoms with van der Waals surface area (Å²) in [6.07, 6.45) is 4.48. The minimum Gasteiger partial charge on any atom is -0.491 e. The van der Waals surface area contributed by atoms with Crippen LogP contribution < -0.4 is 10.5 Å². The first-order valence-corrected chi connectivity index (χ1v) is 8.53. The summed E-state index contributed by atoms with van der Waals surface area (Å²) in [5.41, 5.74) is 7.47. The van der Waals surface area contributed by atoms with Gasteiger partial charge in [-0.3, -0.25) is 4.79 Å². The SMILES string of the molecule is CC1=CC[C@@H]2CN(C(=O)c3cc(Cl)ccc3OCCN)C[C@@H]2C1. The molecule has 1 aliphatic heterocycles. The van der Waals surface area contributed by atoms with Crippen molar-refractivity contribution in [1.82, 2.24) is 4.90 Å². The number of nitrogens with zero attached hydrogens (tertiary/aromatic N) is 1. The predicted octanol–water partition coefficient (Wildman–Crippen LogP) is 3.11. The second-order valence-electron chi connectivity index (χ2n) is 6.50. The third kappa shape index (κ3) is 3.54. The lowest BCUT2D eigenvalue weighted by Crippen LogP contribution is -2.29. The summed E-state index contributed by atoms with van der Waals surface area (Å²) in [6, 6.07) is 5.18. The molecule has 0 unspecified atom stereocenters. The number of halogens is 1. The molecule has 0 bridgehead atoms. The van der Waals surface area contributed by atoms with Gasteiger partial charge in [0.05, 0.1) is 5.56 Å². The van der Waals surface area contributed by atoms with Gasteiger partial charge in [-0.05, 0) is 49.8 Å². The molecule has 2 atom stereocenters. The van der Waals surface area contributed by atoms with Crippen molar-refractivity contribution >= 4 is 17.5 Å². The van der Waals surface area contributed by atoms with Crippen molar-refractivity contribution in [2.75, 3.05) is 26.2 Å². The first-order valence-electron chi connectivity index (χ1n) is 8.16. The molecule has 1 heterocycles. The van der Waals surface area contributed by atoms with Crippen LogP contribution >= 0.6 is 11.6 Å². The molecular formula is C18H23ClN2O2. The highest BCUT2D eigenvalue weighted by Crippen LogP contribution is 2.37. The summed E-state index contributed by atoms with van der Waals surface area (Å²) < 4.78 is 5.62. The number of benzene rings is 1. The van der Waals surface area contributed by atoms with Crippen LogP contribution in [0.15, 0.2) is 29.8 Å². The Kier molecular flexibility index (Phi) is 4.93. The van der Waals surface area contributed by atoms with E-state index in [1.54, 1.807) is 18.2 Å². The monoisotopic (exact) mass is 334 g/mol. The molecule has 0 spiro atoms. The molecule has 5 heteroatoms. The lowest BCUT2D eigenvalue weighted by Gasteiger charge is -2.21. The quantitative estimate of drug-likeness (QED) is 0.861. The zero-order valence-corrected chi connectivity index (χ0v) is 14.2. The Balaban J connectivity index is 1.77. The summed E-state index contributed by atoms with van der Waals surface area (Å²) in [4.78, 5) is 14.9. The van der Waals surface area contributed by atoms with Crippen molar-refractivity contribution in [1.29, 1.82) is 0 Å². The van der Waals surface area contributed by atoms with Gasteiger partial charge in [-0.1, -0.05) is 23.3 Å². The summed E-state index contributed by atoms with van der Waals surface area (Å²) in [5.74, 6) is 1.73. The zero-order chi connectivity index (χ0) is 16.4. The lowest BCUT2D eigenvalue weighted by molar-refractivity contribution is 0.0780. The van der Waals surface area contributed by atoms with E-state index in [1.807, 2.05) is 4.90 Å². The molecule has 124 valence electrons. The fraction of sp³-hybridized carbons (Fsp3) is 0.500. The second kappa shape index (κ2) is 6.93. The number of hydrogen-bond donors (Lipinski definition) is 1. The van der Waals surface area contributed by atoms with Crippen LogP contribution in [0.25, 0.3) is 0 Å². The van der Waals surface area contributed by atoms with Gasteiger partial charge >= 0.3 is 0 Å². The number of amides is 1. The van der Waals surface area contributed by atoms with Gasteiger partial charge in [0.15, 0.2) is 0 Å². The van der Waals surface area contributed by atoms with Crippen LogP contribution in [0, 0.1) is 11.8 Å². The fourth-order valence-corrected chi connectivity index (χ4v) is 3.76. The largest absolute Gasteiger partial charge is 0.491 e. The highest BCUT2D eigenvalue weighted by Gasteiger charge is 2.37. The van der Waals surface area contributed by atoms with E-state index >= 15 is 0 Å². The van der Waals surface area contributed by atoms with E-state index in [2.05, 4.69) is 13.0 Å². The van der Waals surface area contributed by atoms with Gasteiger partial charge in [0.25, 0.3) is 5.91 Å². The molecular weight excluding hydrogens is 312 g/mol.